The second-order valence-electron chi connectivity index (χ2n) is 10.1. The lowest BCUT2D eigenvalue weighted by atomic mass is 9.77. The first-order valence-electron chi connectivity index (χ1n) is 12.3. The minimum absolute atomic E-state index is 0.164. The molecule has 2 aromatic rings. The number of likely N-dealkylation sites (tertiary alicyclic amines) is 2. The van der Waals surface area contributed by atoms with Gasteiger partial charge in [0.1, 0.15) is 0 Å². The summed E-state index contributed by atoms with van der Waals surface area (Å²) in [4.78, 5) is 18.2. The lowest BCUT2D eigenvalue weighted by Gasteiger charge is -2.32. The van der Waals surface area contributed by atoms with E-state index in [2.05, 4.69) is 53.0 Å². The Labute approximate surface area is 186 Å². The summed E-state index contributed by atoms with van der Waals surface area (Å²) in [5.74, 6) is 1.20. The van der Waals surface area contributed by atoms with Crippen LogP contribution in [0.3, 0.4) is 0 Å². The van der Waals surface area contributed by atoms with E-state index in [4.69, 9.17) is 0 Å². The van der Waals surface area contributed by atoms with Crippen LogP contribution in [0.5, 0.6) is 0 Å². The molecule has 31 heavy (non-hydrogen) atoms. The van der Waals surface area contributed by atoms with Crippen LogP contribution in [0.25, 0.3) is 0 Å². The normalized spacial score (nSPS) is 26.5. The second-order valence-corrected chi connectivity index (χ2v) is 10.1. The van der Waals surface area contributed by atoms with Gasteiger partial charge in [0.2, 0.25) is 0 Å². The van der Waals surface area contributed by atoms with Crippen LogP contribution in [-0.2, 0) is 6.54 Å². The fourth-order valence-electron chi connectivity index (χ4n) is 6.03. The summed E-state index contributed by atoms with van der Waals surface area (Å²) in [6, 6.07) is 9.97. The summed E-state index contributed by atoms with van der Waals surface area (Å²) in [7, 11) is 0. The molecular weight excluding hydrogens is 384 g/mol. The molecular formula is C26H36N4O. The van der Waals surface area contributed by atoms with Crippen molar-refractivity contribution < 1.29 is 4.79 Å². The van der Waals surface area contributed by atoms with Gasteiger partial charge in [-0.1, -0.05) is 37.1 Å². The van der Waals surface area contributed by atoms with E-state index >= 15 is 0 Å². The van der Waals surface area contributed by atoms with Crippen LogP contribution in [0.4, 0.5) is 0 Å². The van der Waals surface area contributed by atoms with Crippen molar-refractivity contribution in [3.05, 3.63) is 53.3 Å². The Morgan fingerprint density at radius 1 is 1.06 bits per heavy atom. The number of hydrogen-bond donors (Lipinski definition) is 0. The standard InChI is InChI=1S/C26H36N4O/c1-19(2)30-17-22(15-27-30)26(31)29-18-24(23-7-3-4-8-25(23)29)21-11-9-20(10-12-21)16-28-13-5-6-14-28/h9-12,15,17,19,23-25H,3-8,13-14,16,18H2,1-2H3/t23-,24-,25-/m1/s1. The molecule has 1 aromatic heterocycles. The van der Waals surface area contributed by atoms with Gasteiger partial charge in [-0.3, -0.25) is 14.4 Å². The van der Waals surface area contributed by atoms with E-state index in [1.807, 2.05) is 10.9 Å². The largest absolute Gasteiger partial charge is 0.335 e. The fraction of sp³-hybridized carbons (Fsp3) is 0.615. The third-order valence-electron chi connectivity index (χ3n) is 7.74. The Hall–Kier alpha value is -2.14. The van der Waals surface area contributed by atoms with Gasteiger partial charge in [0.15, 0.2) is 0 Å². The number of fused-ring (bicyclic) bond motifs is 1. The molecule has 166 valence electrons. The number of carbonyl (C=O) groups is 1. The smallest absolute Gasteiger partial charge is 0.257 e. The SMILES string of the molecule is CC(C)n1cc(C(=O)N2C[C@H](c3ccc(CN4CCCC4)cc3)[C@H]3CCCC[C@H]32)cn1. The van der Waals surface area contributed by atoms with Crippen LogP contribution in [0.15, 0.2) is 36.7 Å². The zero-order chi connectivity index (χ0) is 21.4. The van der Waals surface area contributed by atoms with E-state index in [-0.39, 0.29) is 11.9 Å². The Morgan fingerprint density at radius 3 is 2.52 bits per heavy atom. The van der Waals surface area contributed by atoms with Crippen LogP contribution in [0.2, 0.25) is 0 Å². The van der Waals surface area contributed by atoms with Gasteiger partial charge in [0, 0.05) is 37.3 Å². The first-order valence-corrected chi connectivity index (χ1v) is 12.3. The highest BCUT2D eigenvalue weighted by atomic mass is 16.2. The number of hydrogen-bond acceptors (Lipinski definition) is 3. The highest BCUT2D eigenvalue weighted by Crippen LogP contribution is 2.45. The lowest BCUT2D eigenvalue weighted by molar-refractivity contribution is 0.0690. The lowest BCUT2D eigenvalue weighted by Crippen LogP contribution is -2.39. The second kappa shape index (κ2) is 8.78. The number of benzene rings is 1. The number of aromatic nitrogens is 2. The minimum atomic E-state index is 0.164. The first-order chi connectivity index (χ1) is 15.1. The van der Waals surface area contributed by atoms with E-state index in [9.17, 15) is 4.79 Å². The molecule has 0 unspecified atom stereocenters. The van der Waals surface area contributed by atoms with Crippen molar-refractivity contribution in [1.82, 2.24) is 19.6 Å². The molecule has 5 nitrogen and oxygen atoms in total. The van der Waals surface area contributed by atoms with E-state index in [1.165, 1.54) is 56.3 Å². The first kappa shape index (κ1) is 20.7. The van der Waals surface area contributed by atoms with Crippen LogP contribution in [0.1, 0.15) is 85.8 Å². The van der Waals surface area contributed by atoms with Gasteiger partial charge >= 0.3 is 0 Å². The van der Waals surface area contributed by atoms with E-state index in [0.717, 1.165) is 25.1 Å². The molecule has 1 aromatic carbocycles. The molecule has 3 aliphatic rings. The number of rotatable bonds is 5. The van der Waals surface area contributed by atoms with Gasteiger partial charge in [0.05, 0.1) is 11.8 Å². The number of carbonyl (C=O) groups excluding carboxylic acids is 1. The maximum atomic E-state index is 13.4. The molecule has 1 amide bonds. The molecule has 0 radical (unpaired) electrons. The van der Waals surface area contributed by atoms with Gasteiger partial charge in [-0.15, -0.1) is 0 Å². The van der Waals surface area contributed by atoms with Crippen LogP contribution in [0, 0.1) is 5.92 Å². The fourth-order valence-corrected chi connectivity index (χ4v) is 6.03. The van der Waals surface area contributed by atoms with Crippen molar-refractivity contribution in [1.29, 1.82) is 0 Å². The molecule has 5 heteroatoms. The van der Waals surface area contributed by atoms with Crippen molar-refractivity contribution in [3.8, 4) is 0 Å². The Morgan fingerprint density at radius 2 is 1.81 bits per heavy atom. The summed E-state index contributed by atoms with van der Waals surface area (Å²) in [5, 5.41) is 4.41. The van der Waals surface area contributed by atoms with Crippen molar-refractivity contribution >= 4 is 5.91 Å². The maximum Gasteiger partial charge on any atom is 0.257 e. The third kappa shape index (κ3) is 4.17. The van der Waals surface area contributed by atoms with Crippen molar-refractivity contribution in [2.45, 2.75) is 76.9 Å². The van der Waals surface area contributed by atoms with Gasteiger partial charge in [-0.25, -0.2) is 0 Å². The summed E-state index contributed by atoms with van der Waals surface area (Å²) >= 11 is 0. The molecule has 2 saturated heterocycles. The van der Waals surface area contributed by atoms with Crippen LogP contribution in [-0.4, -0.2) is 51.2 Å². The molecule has 5 rings (SSSR count). The van der Waals surface area contributed by atoms with Gasteiger partial charge < -0.3 is 4.90 Å². The maximum absolute atomic E-state index is 13.4. The predicted molar refractivity (Wildman–Crippen MR) is 123 cm³/mol. The van der Waals surface area contributed by atoms with Crippen molar-refractivity contribution in [2.75, 3.05) is 19.6 Å². The minimum Gasteiger partial charge on any atom is -0.335 e. The number of amides is 1. The Kier molecular flexibility index (Phi) is 5.87. The highest BCUT2D eigenvalue weighted by molar-refractivity contribution is 5.94. The molecule has 3 atom stereocenters. The average Bonchev–Trinajstić information content (AvgIpc) is 3.54. The summed E-state index contributed by atoms with van der Waals surface area (Å²) in [5.41, 5.74) is 3.56. The summed E-state index contributed by atoms with van der Waals surface area (Å²) in [6.45, 7) is 8.57. The van der Waals surface area contributed by atoms with Crippen LogP contribution >= 0.6 is 0 Å². The van der Waals surface area contributed by atoms with E-state index in [0.29, 0.717) is 17.9 Å². The zero-order valence-electron chi connectivity index (χ0n) is 19.0. The quantitative estimate of drug-likeness (QED) is 0.694. The molecule has 1 saturated carbocycles. The van der Waals surface area contributed by atoms with E-state index in [1.54, 1.807) is 6.20 Å². The number of nitrogens with zero attached hydrogens (tertiary/aromatic N) is 4. The molecule has 3 heterocycles. The van der Waals surface area contributed by atoms with Gasteiger partial charge in [-0.2, -0.15) is 5.10 Å². The molecule has 2 aliphatic heterocycles. The molecule has 0 N–H and O–H groups in total. The van der Waals surface area contributed by atoms with Crippen LogP contribution < -0.4 is 0 Å². The third-order valence-corrected chi connectivity index (χ3v) is 7.74. The Bertz CT molecular complexity index is 896. The van der Waals surface area contributed by atoms with Gasteiger partial charge in [-0.05, 0) is 69.7 Å². The van der Waals surface area contributed by atoms with Crippen molar-refractivity contribution in [3.63, 3.8) is 0 Å². The molecule has 0 bridgehead atoms. The van der Waals surface area contributed by atoms with Gasteiger partial charge in [0.25, 0.3) is 5.91 Å². The topological polar surface area (TPSA) is 41.4 Å². The molecule has 3 fully saturated rings. The summed E-state index contributed by atoms with van der Waals surface area (Å²) in [6.07, 6.45) is 11.2. The monoisotopic (exact) mass is 420 g/mol. The average molecular weight is 421 g/mol. The zero-order valence-corrected chi connectivity index (χ0v) is 19.0. The predicted octanol–water partition coefficient (Wildman–Crippen LogP) is 4.86. The highest BCUT2D eigenvalue weighted by Gasteiger charge is 2.45. The van der Waals surface area contributed by atoms with E-state index < -0.39 is 0 Å². The van der Waals surface area contributed by atoms with Crippen molar-refractivity contribution in [2.24, 2.45) is 5.92 Å². The summed E-state index contributed by atoms with van der Waals surface area (Å²) < 4.78 is 1.89. The molecule has 0 spiro atoms. The molecule has 1 aliphatic carbocycles. The Balaban J connectivity index is 1.33.